The first-order valence-electron chi connectivity index (χ1n) is 6.91. The lowest BCUT2D eigenvalue weighted by atomic mass is 9.76. The van der Waals surface area contributed by atoms with Crippen LogP contribution >= 0.6 is 0 Å². The molecule has 2 unspecified atom stereocenters. The summed E-state index contributed by atoms with van der Waals surface area (Å²) in [6.07, 6.45) is 14.5. The molecule has 1 aliphatic rings. The van der Waals surface area contributed by atoms with Gasteiger partial charge in [-0.15, -0.1) is 12.3 Å². The van der Waals surface area contributed by atoms with Gasteiger partial charge in [0.2, 0.25) is 0 Å². The van der Waals surface area contributed by atoms with Gasteiger partial charge >= 0.3 is 0 Å². The average Bonchev–Trinajstić information content (AvgIpc) is 2.28. The summed E-state index contributed by atoms with van der Waals surface area (Å²) in [6, 6.07) is 0.619. The van der Waals surface area contributed by atoms with Crippen LogP contribution in [0.4, 0.5) is 0 Å². The predicted octanol–water partition coefficient (Wildman–Crippen LogP) is 3.59. The predicted molar refractivity (Wildman–Crippen MR) is 71.3 cm³/mol. The molecule has 0 saturated heterocycles. The molecule has 1 rings (SSSR count). The van der Waals surface area contributed by atoms with Gasteiger partial charge in [-0.2, -0.15) is 0 Å². The number of terminal acetylenes is 1. The van der Waals surface area contributed by atoms with Crippen molar-refractivity contribution in [3.8, 4) is 12.3 Å². The Hall–Kier alpha value is -0.480. The Morgan fingerprint density at radius 1 is 1.25 bits per heavy atom. The Morgan fingerprint density at radius 2 is 1.94 bits per heavy atom. The van der Waals surface area contributed by atoms with Crippen molar-refractivity contribution in [2.24, 2.45) is 11.8 Å². The van der Waals surface area contributed by atoms with E-state index < -0.39 is 0 Å². The zero-order chi connectivity index (χ0) is 11.8. The van der Waals surface area contributed by atoms with Crippen molar-refractivity contribution in [3.05, 3.63) is 0 Å². The maximum Gasteiger partial charge on any atom is 0.00861 e. The van der Waals surface area contributed by atoms with Crippen molar-refractivity contribution in [1.82, 2.24) is 5.32 Å². The maximum absolute atomic E-state index is 5.31. The van der Waals surface area contributed by atoms with Gasteiger partial charge < -0.3 is 5.32 Å². The third-order valence-corrected chi connectivity index (χ3v) is 3.75. The summed E-state index contributed by atoms with van der Waals surface area (Å²) in [7, 11) is 0. The minimum Gasteiger partial charge on any atom is -0.314 e. The zero-order valence-corrected chi connectivity index (χ0v) is 11.0. The SMILES string of the molecule is C#CCCCC1CCCCC1CNC(C)C. The van der Waals surface area contributed by atoms with Crippen molar-refractivity contribution in [3.63, 3.8) is 0 Å². The first-order valence-corrected chi connectivity index (χ1v) is 6.91. The Labute approximate surface area is 101 Å². The molecule has 0 amide bonds. The Bertz CT molecular complexity index is 214. The second-order valence-electron chi connectivity index (χ2n) is 5.46. The molecule has 0 aromatic carbocycles. The van der Waals surface area contributed by atoms with Crippen LogP contribution in [-0.2, 0) is 0 Å². The molecule has 0 heterocycles. The van der Waals surface area contributed by atoms with Crippen molar-refractivity contribution in [2.75, 3.05) is 6.54 Å². The summed E-state index contributed by atoms with van der Waals surface area (Å²) in [5.74, 6) is 4.58. The van der Waals surface area contributed by atoms with Gasteiger partial charge in [-0.05, 0) is 37.6 Å². The van der Waals surface area contributed by atoms with Crippen molar-refractivity contribution < 1.29 is 0 Å². The second-order valence-corrected chi connectivity index (χ2v) is 5.46. The van der Waals surface area contributed by atoms with Gasteiger partial charge in [-0.25, -0.2) is 0 Å². The highest BCUT2D eigenvalue weighted by Gasteiger charge is 2.24. The molecule has 1 heteroatoms. The third kappa shape index (κ3) is 5.03. The highest BCUT2D eigenvalue weighted by Crippen LogP contribution is 2.33. The number of rotatable bonds is 6. The van der Waals surface area contributed by atoms with Crippen molar-refractivity contribution in [2.45, 2.75) is 64.8 Å². The van der Waals surface area contributed by atoms with Crippen LogP contribution in [0.5, 0.6) is 0 Å². The molecule has 1 aliphatic carbocycles. The largest absolute Gasteiger partial charge is 0.314 e. The van der Waals surface area contributed by atoms with E-state index in [2.05, 4.69) is 25.1 Å². The number of nitrogens with one attached hydrogen (secondary N) is 1. The summed E-state index contributed by atoms with van der Waals surface area (Å²) in [6.45, 7) is 5.67. The van der Waals surface area contributed by atoms with Crippen LogP contribution in [0.2, 0.25) is 0 Å². The van der Waals surface area contributed by atoms with Gasteiger partial charge in [0, 0.05) is 12.5 Å². The Balaban J connectivity index is 2.29. The lowest BCUT2D eigenvalue weighted by Gasteiger charge is -2.32. The normalized spacial score (nSPS) is 25.6. The van der Waals surface area contributed by atoms with E-state index in [0.29, 0.717) is 6.04 Å². The van der Waals surface area contributed by atoms with E-state index in [1.54, 1.807) is 0 Å². The molecule has 0 aromatic rings. The quantitative estimate of drug-likeness (QED) is 0.534. The zero-order valence-electron chi connectivity index (χ0n) is 11.0. The first-order chi connectivity index (χ1) is 7.74. The summed E-state index contributed by atoms with van der Waals surface area (Å²) >= 11 is 0. The van der Waals surface area contributed by atoms with Crippen LogP contribution in [0, 0.1) is 24.2 Å². The van der Waals surface area contributed by atoms with E-state index in [-0.39, 0.29) is 0 Å². The Morgan fingerprint density at radius 3 is 2.56 bits per heavy atom. The van der Waals surface area contributed by atoms with Gasteiger partial charge in [0.05, 0.1) is 0 Å². The monoisotopic (exact) mass is 221 g/mol. The van der Waals surface area contributed by atoms with Gasteiger partial charge in [-0.3, -0.25) is 0 Å². The summed E-state index contributed by atoms with van der Waals surface area (Å²) in [5, 5.41) is 3.60. The molecule has 1 saturated carbocycles. The van der Waals surface area contributed by atoms with Gasteiger partial charge in [0.1, 0.15) is 0 Å². The molecule has 0 aromatic heterocycles. The van der Waals surface area contributed by atoms with Gasteiger partial charge in [-0.1, -0.05) is 33.1 Å². The van der Waals surface area contributed by atoms with E-state index in [1.165, 1.54) is 45.1 Å². The molecule has 0 aliphatic heterocycles. The standard InChI is InChI=1S/C15H27N/c1-4-5-6-9-14-10-7-8-11-15(14)12-16-13(2)3/h1,13-16H,5-12H2,2-3H3. The smallest absolute Gasteiger partial charge is 0.00861 e. The number of hydrogen-bond acceptors (Lipinski definition) is 1. The highest BCUT2D eigenvalue weighted by atomic mass is 14.9. The highest BCUT2D eigenvalue weighted by molar-refractivity contribution is 4.84. The molecular weight excluding hydrogens is 194 g/mol. The molecule has 0 radical (unpaired) electrons. The second kappa shape index (κ2) is 7.74. The topological polar surface area (TPSA) is 12.0 Å². The van der Waals surface area contributed by atoms with Crippen LogP contribution in [0.15, 0.2) is 0 Å². The van der Waals surface area contributed by atoms with E-state index >= 15 is 0 Å². The average molecular weight is 221 g/mol. The fourth-order valence-corrected chi connectivity index (χ4v) is 2.79. The summed E-state index contributed by atoms with van der Waals surface area (Å²) in [4.78, 5) is 0. The van der Waals surface area contributed by atoms with Crippen LogP contribution < -0.4 is 5.32 Å². The summed E-state index contributed by atoms with van der Waals surface area (Å²) in [5.41, 5.74) is 0. The lowest BCUT2D eigenvalue weighted by Crippen LogP contribution is -2.34. The molecule has 1 N–H and O–H groups in total. The number of unbranched alkanes of at least 4 members (excludes halogenated alkanes) is 1. The van der Waals surface area contributed by atoms with Crippen LogP contribution in [0.3, 0.4) is 0 Å². The third-order valence-electron chi connectivity index (χ3n) is 3.75. The Kier molecular flexibility index (Phi) is 6.57. The van der Waals surface area contributed by atoms with E-state index in [4.69, 9.17) is 6.42 Å². The van der Waals surface area contributed by atoms with E-state index in [1.807, 2.05) is 0 Å². The number of hydrogen-bond donors (Lipinski definition) is 1. The van der Waals surface area contributed by atoms with Gasteiger partial charge in [0.15, 0.2) is 0 Å². The first kappa shape index (κ1) is 13.6. The molecule has 2 atom stereocenters. The fraction of sp³-hybridized carbons (Fsp3) is 0.867. The van der Waals surface area contributed by atoms with Crippen LogP contribution in [0.1, 0.15) is 58.8 Å². The summed E-state index contributed by atoms with van der Waals surface area (Å²) < 4.78 is 0. The molecule has 0 bridgehead atoms. The van der Waals surface area contributed by atoms with Crippen LogP contribution in [0.25, 0.3) is 0 Å². The van der Waals surface area contributed by atoms with E-state index in [0.717, 1.165) is 18.3 Å². The minimum absolute atomic E-state index is 0.619. The molecule has 16 heavy (non-hydrogen) atoms. The molecule has 0 spiro atoms. The fourth-order valence-electron chi connectivity index (χ4n) is 2.79. The maximum atomic E-state index is 5.31. The van der Waals surface area contributed by atoms with Crippen molar-refractivity contribution in [1.29, 1.82) is 0 Å². The molecular formula is C15H27N. The lowest BCUT2D eigenvalue weighted by molar-refractivity contribution is 0.211. The minimum atomic E-state index is 0.619. The van der Waals surface area contributed by atoms with Crippen molar-refractivity contribution >= 4 is 0 Å². The van der Waals surface area contributed by atoms with Crippen LogP contribution in [-0.4, -0.2) is 12.6 Å². The molecule has 1 fully saturated rings. The van der Waals surface area contributed by atoms with E-state index in [9.17, 15) is 0 Å². The van der Waals surface area contributed by atoms with Gasteiger partial charge in [0.25, 0.3) is 0 Å². The molecule has 1 nitrogen and oxygen atoms in total. The molecule has 92 valence electrons.